The molecule has 0 bridgehead atoms. The van der Waals surface area contributed by atoms with E-state index < -0.39 is 0 Å². The lowest BCUT2D eigenvalue weighted by molar-refractivity contribution is 0.102. The van der Waals surface area contributed by atoms with E-state index in [9.17, 15) is 4.79 Å². The summed E-state index contributed by atoms with van der Waals surface area (Å²) in [6, 6.07) is 24.3. The first kappa shape index (κ1) is 16.7. The minimum atomic E-state index is -0.168. The van der Waals surface area contributed by atoms with Crippen LogP contribution >= 0.6 is 0 Å². The van der Waals surface area contributed by atoms with Crippen molar-refractivity contribution >= 4 is 11.6 Å². The molecule has 1 heterocycles. The molecule has 0 saturated heterocycles. The first-order valence-corrected chi connectivity index (χ1v) is 8.56. The summed E-state index contributed by atoms with van der Waals surface area (Å²) in [6.45, 7) is 2.03. The summed E-state index contributed by atoms with van der Waals surface area (Å²) in [4.78, 5) is 12.3. The van der Waals surface area contributed by atoms with Crippen molar-refractivity contribution in [2.75, 3.05) is 5.32 Å². The first-order chi connectivity index (χ1) is 13.2. The van der Waals surface area contributed by atoms with Crippen molar-refractivity contribution in [3.05, 3.63) is 90.0 Å². The molecular weight excluding hydrogens is 338 g/mol. The maximum absolute atomic E-state index is 12.3. The van der Waals surface area contributed by atoms with Gasteiger partial charge in [-0.3, -0.25) is 4.79 Å². The van der Waals surface area contributed by atoms with E-state index in [1.165, 1.54) is 5.56 Å². The Labute approximate surface area is 156 Å². The molecule has 5 heteroatoms. The number of amides is 1. The molecule has 4 aromatic rings. The molecule has 0 spiro atoms. The molecule has 27 heavy (non-hydrogen) atoms. The van der Waals surface area contributed by atoms with Crippen LogP contribution in [0, 0.1) is 6.92 Å². The molecule has 0 aliphatic heterocycles. The van der Waals surface area contributed by atoms with Crippen molar-refractivity contribution < 1.29 is 9.21 Å². The second-order valence-electron chi connectivity index (χ2n) is 6.18. The minimum Gasteiger partial charge on any atom is -0.416 e. The van der Waals surface area contributed by atoms with Gasteiger partial charge in [-0.1, -0.05) is 35.9 Å². The van der Waals surface area contributed by atoms with Crippen molar-refractivity contribution in [2.45, 2.75) is 6.92 Å². The number of hydrogen-bond donors (Lipinski definition) is 1. The lowest BCUT2D eigenvalue weighted by atomic mass is 10.1. The number of hydrogen-bond acceptors (Lipinski definition) is 4. The highest BCUT2D eigenvalue weighted by molar-refractivity contribution is 6.04. The highest BCUT2D eigenvalue weighted by Gasteiger charge is 2.12. The molecule has 0 atom stereocenters. The molecule has 0 radical (unpaired) electrons. The number of para-hydroxylation sites is 1. The van der Waals surface area contributed by atoms with Gasteiger partial charge in [0.15, 0.2) is 0 Å². The first-order valence-electron chi connectivity index (χ1n) is 8.56. The standard InChI is InChI=1S/C22H17N3O2/c1-15-7-9-17(10-8-15)21-24-25-22(27-21)18-13-11-16(12-14-18)20(26)23-19-5-3-2-4-6-19/h2-14H,1H3,(H,23,26). The maximum atomic E-state index is 12.3. The molecule has 3 aromatic carbocycles. The number of rotatable bonds is 4. The normalized spacial score (nSPS) is 10.6. The maximum Gasteiger partial charge on any atom is 0.255 e. The number of aryl methyl sites for hydroxylation is 1. The van der Waals surface area contributed by atoms with Gasteiger partial charge in [-0.25, -0.2) is 0 Å². The van der Waals surface area contributed by atoms with Crippen LogP contribution < -0.4 is 5.32 Å². The van der Waals surface area contributed by atoms with E-state index >= 15 is 0 Å². The third kappa shape index (κ3) is 3.77. The van der Waals surface area contributed by atoms with E-state index in [1.54, 1.807) is 24.3 Å². The highest BCUT2D eigenvalue weighted by atomic mass is 16.4. The largest absolute Gasteiger partial charge is 0.416 e. The number of carbonyl (C=O) groups is 1. The Morgan fingerprint density at radius 3 is 1.93 bits per heavy atom. The number of nitrogens with one attached hydrogen (secondary N) is 1. The van der Waals surface area contributed by atoms with Crippen LogP contribution in [0.5, 0.6) is 0 Å². The zero-order chi connectivity index (χ0) is 18.6. The summed E-state index contributed by atoms with van der Waals surface area (Å²) in [5, 5.41) is 11.1. The third-order valence-corrected chi connectivity index (χ3v) is 4.15. The fourth-order valence-corrected chi connectivity index (χ4v) is 2.64. The predicted octanol–water partition coefficient (Wildman–Crippen LogP) is 4.96. The van der Waals surface area contributed by atoms with Gasteiger partial charge in [0, 0.05) is 22.4 Å². The Balaban J connectivity index is 1.51. The number of aromatic nitrogens is 2. The van der Waals surface area contributed by atoms with Crippen molar-refractivity contribution in [1.29, 1.82) is 0 Å². The van der Waals surface area contributed by atoms with Gasteiger partial charge in [0.25, 0.3) is 5.91 Å². The zero-order valence-electron chi connectivity index (χ0n) is 14.7. The monoisotopic (exact) mass is 355 g/mol. The Morgan fingerprint density at radius 1 is 0.778 bits per heavy atom. The van der Waals surface area contributed by atoms with Crippen molar-refractivity contribution in [3.8, 4) is 22.9 Å². The molecule has 0 aliphatic carbocycles. The average Bonchev–Trinajstić information content (AvgIpc) is 3.20. The predicted molar refractivity (Wildman–Crippen MR) is 104 cm³/mol. The van der Waals surface area contributed by atoms with Gasteiger partial charge in [0.05, 0.1) is 0 Å². The summed E-state index contributed by atoms with van der Waals surface area (Å²) < 4.78 is 5.77. The van der Waals surface area contributed by atoms with Gasteiger partial charge in [-0.15, -0.1) is 10.2 Å². The quantitative estimate of drug-likeness (QED) is 0.561. The average molecular weight is 355 g/mol. The number of benzene rings is 3. The van der Waals surface area contributed by atoms with Gasteiger partial charge in [0.2, 0.25) is 11.8 Å². The SMILES string of the molecule is Cc1ccc(-c2nnc(-c3ccc(C(=O)Nc4ccccc4)cc3)o2)cc1. The zero-order valence-corrected chi connectivity index (χ0v) is 14.7. The lowest BCUT2D eigenvalue weighted by Crippen LogP contribution is -2.11. The summed E-state index contributed by atoms with van der Waals surface area (Å²) in [6.07, 6.45) is 0. The van der Waals surface area contributed by atoms with Gasteiger partial charge in [0.1, 0.15) is 0 Å². The van der Waals surface area contributed by atoms with Crippen LogP contribution in [0.4, 0.5) is 5.69 Å². The van der Waals surface area contributed by atoms with Crippen LogP contribution in [0.2, 0.25) is 0 Å². The Bertz CT molecular complexity index is 1050. The van der Waals surface area contributed by atoms with Gasteiger partial charge in [-0.2, -0.15) is 0 Å². The summed E-state index contributed by atoms with van der Waals surface area (Å²) in [7, 11) is 0. The van der Waals surface area contributed by atoms with E-state index in [-0.39, 0.29) is 5.91 Å². The second kappa shape index (κ2) is 7.25. The molecule has 132 valence electrons. The van der Waals surface area contributed by atoms with E-state index in [4.69, 9.17) is 4.42 Å². The minimum absolute atomic E-state index is 0.168. The molecule has 5 nitrogen and oxygen atoms in total. The van der Waals surface area contributed by atoms with E-state index in [1.807, 2.05) is 61.5 Å². The molecule has 4 rings (SSSR count). The number of nitrogens with zero attached hydrogens (tertiary/aromatic N) is 2. The second-order valence-corrected chi connectivity index (χ2v) is 6.18. The molecule has 1 aromatic heterocycles. The summed E-state index contributed by atoms with van der Waals surface area (Å²) in [5.74, 6) is 0.718. The van der Waals surface area contributed by atoms with Crippen molar-refractivity contribution in [3.63, 3.8) is 0 Å². The van der Waals surface area contributed by atoms with Crippen LogP contribution in [0.3, 0.4) is 0 Å². The van der Waals surface area contributed by atoms with Crippen LogP contribution in [0.25, 0.3) is 22.9 Å². The van der Waals surface area contributed by atoms with Gasteiger partial charge in [-0.05, 0) is 55.5 Å². The fourth-order valence-electron chi connectivity index (χ4n) is 2.64. The molecule has 0 saturated carbocycles. The lowest BCUT2D eigenvalue weighted by Gasteiger charge is -2.05. The Hall–Kier alpha value is -3.73. The van der Waals surface area contributed by atoms with Crippen LogP contribution in [-0.4, -0.2) is 16.1 Å². The fraction of sp³-hybridized carbons (Fsp3) is 0.0455. The third-order valence-electron chi connectivity index (χ3n) is 4.15. The number of carbonyl (C=O) groups excluding carboxylic acids is 1. The molecule has 0 unspecified atom stereocenters. The van der Waals surface area contributed by atoms with Crippen molar-refractivity contribution in [1.82, 2.24) is 10.2 Å². The molecule has 0 aliphatic rings. The smallest absolute Gasteiger partial charge is 0.255 e. The molecule has 0 fully saturated rings. The van der Waals surface area contributed by atoms with E-state index in [0.29, 0.717) is 17.3 Å². The number of anilines is 1. The molecular formula is C22H17N3O2. The van der Waals surface area contributed by atoms with Crippen LogP contribution in [0.1, 0.15) is 15.9 Å². The summed E-state index contributed by atoms with van der Waals surface area (Å²) >= 11 is 0. The Morgan fingerprint density at radius 2 is 1.33 bits per heavy atom. The van der Waals surface area contributed by atoms with Crippen molar-refractivity contribution in [2.24, 2.45) is 0 Å². The molecule has 1 N–H and O–H groups in total. The van der Waals surface area contributed by atoms with Gasteiger partial charge >= 0.3 is 0 Å². The topological polar surface area (TPSA) is 68.0 Å². The summed E-state index contributed by atoms with van der Waals surface area (Å²) in [5.41, 5.74) is 4.12. The molecule has 1 amide bonds. The van der Waals surface area contributed by atoms with E-state index in [2.05, 4.69) is 15.5 Å². The van der Waals surface area contributed by atoms with Crippen LogP contribution in [0.15, 0.2) is 83.3 Å². The Kier molecular flexibility index (Phi) is 4.49. The highest BCUT2D eigenvalue weighted by Crippen LogP contribution is 2.24. The van der Waals surface area contributed by atoms with E-state index in [0.717, 1.165) is 16.8 Å². The van der Waals surface area contributed by atoms with Gasteiger partial charge < -0.3 is 9.73 Å². The van der Waals surface area contributed by atoms with Crippen LogP contribution in [-0.2, 0) is 0 Å².